The maximum atomic E-state index is 12.9. The van der Waals surface area contributed by atoms with Crippen molar-refractivity contribution in [1.82, 2.24) is 0 Å². The average molecular weight is 1400 g/mol. The number of allylic oxidation sites excluding steroid dienone is 22. The van der Waals surface area contributed by atoms with E-state index in [0.717, 1.165) is 116 Å². The predicted molar refractivity (Wildman–Crippen MR) is 399 cm³/mol. The number of rotatable bonds is 70. The van der Waals surface area contributed by atoms with Gasteiger partial charge < -0.3 is 34.2 Å². The van der Waals surface area contributed by atoms with E-state index in [2.05, 4.69) is 136 Å². The van der Waals surface area contributed by atoms with Crippen molar-refractivity contribution in [3.05, 3.63) is 134 Å². The smallest absolute Gasteiger partial charge is 0.463 e. The number of hydrogen-bond donors (Lipinski definition) is 4. The number of phosphoric ester groups is 2. The number of carbonyl (C=O) groups is 3. The molecule has 5 unspecified atom stereocenters. The number of ether oxygens (including phenoxy) is 3. The third kappa shape index (κ3) is 72.8. The lowest BCUT2D eigenvalue weighted by atomic mass is 10.0. The van der Waals surface area contributed by atoms with Gasteiger partial charge in [0, 0.05) is 19.3 Å². The minimum atomic E-state index is -4.94. The molecule has 0 saturated carbocycles. The van der Waals surface area contributed by atoms with Crippen molar-refractivity contribution in [3.8, 4) is 0 Å². The highest BCUT2D eigenvalue weighted by molar-refractivity contribution is 7.47. The van der Waals surface area contributed by atoms with Crippen LogP contribution in [0.3, 0.4) is 0 Å². The molecule has 0 aromatic heterocycles. The Kier molecular flexibility index (Phi) is 68.3. The van der Waals surface area contributed by atoms with Crippen molar-refractivity contribution in [2.75, 3.05) is 39.6 Å². The molecular weight excluding hydrogens is 1270 g/mol. The summed E-state index contributed by atoms with van der Waals surface area (Å²) in [5.74, 6) is -1.67. The topological polar surface area (TPSA) is 231 Å². The minimum Gasteiger partial charge on any atom is -0.463 e. The quantitative estimate of drug-likeness (QED) is 0.0146. The van der Waals surface area contributed by atoms with Crippen molar-refractivity contribution in [3.63, 3.8) is 0 Å². The number of esters is 3. The first-order valence-corrected chi connectivity index (χ1v) is 40.5. The molecule has 0 amide bonds. The van der Waals surface area contributed by atoms with Gasteiger partial charge in [0.1, 0.15) is 25.4 Å². The molecule has 0 saturated heterocycles. The van der Waals surface area contributed by atoms with Crippen LogP contribution in [-0.4, -0.2) is 95.9 Å². The van der Waals surface area contributed by atoms with E-state index >= 15 is 0 Å². The molecule has 18 heteroatoms. The maximum Gasteiger partial charge on any atom is 0.472 e. The SMILES string of the molecule is CC/C=C\C/C=C\C/C=C\C/C=C\C/C=C\C/C=C\CCC(=O)OCC(COP(=O)(O)OCC(O)COP(=O)(O)OCC(O)COC(=O)CCCCCCCCCCCCC/C=C\C/C=C\C/C=C\C/C=C\C/C=C\CC)OC(=O)CCCCCCCCCCCCCCCCC. The molecule has 0 heterocycles. The summed E-state index contributed by atoms with van der Waals surface area (Å²) in [5, 5.41) is 20.6. The Morgan fingerprint density at radius 2 is 0.567 bits per heavy atom. The van der Waals surface area contributed by atoms with Crippen LogP contribution in [0.1, 0.15) is 290 Å². The van der Waals surface area contributed by atoms with Crippen LogP contribution in [0.15, 0.2) is 134 Å². The second-order valence-corrected chi connectivity index (χ2v) is 27.6. The minimum absolute atomic E-state index is 0.0445. The Labute approximate surface area is 588 Å². The first-order valence-electron chi connectivity index (χ1n) is 37.5. The van der Waals surface area contributed by atoms with Gasteiger partial charge in [-0.25, -0.2) is 9.13 Å². The first kappa shape index (κ1) is 92.7. The number of unbranched alkanes of at least 4 members (excludes halogenated alkanes) is 25. The summed E-state index contributed by atoms with van der Waals surface area (Å²) in [6.07, 6.45) is 85.2. The zero-order valence-electron chi connectivity index (χ0n) is 60.5. The van der Waals surface area contributed by atoms with E-state index in [0.29, 0.717) is 25.7 Å². The number of carbonyl (C=O) groups excluding carboxylic acids is 3. The van der Waals surface area contributed by atoms with Crippen LogP contribution in [0.5, 0.6) is 0 Å². The Morgan fingerprint density at radius 3 is 0.928 bits per heavy atom. The van der Waals surface area contributed by atoms with E-state index in [-0.39, 0.29) is 19.3 Å². The zero-order valence-corrected chi connectivity index (χ0v) is 62.2. The number of aliphatic hydroxyl groups is 2. The molecule has 0 aliphatic heterocycles. The molecule has 16 nitrogen and oxygen atoms in total. The fraction of sp³-hybridized carbons (Fsp3) is 0.684. The number of phosphoric acid groups is 2. The molecule has 4 N–H and O–H groups in total. The van der Waals surface area contributed by atoms with Gasteiger partial charge in [0.2, 0.25) is 0 Å². The highest BCUT2D eigenvalue weighted by atomic mass is 31.2. The van der Waals surface area contributed by atoms with Crippen molar-refractivity contribution in [1.29, 1.82) is 0 Å². The number of aliphatic hydroxyl groups excluding tert-OH is 2. The van der Waals surface area contributed by atoms with Gasteiger partial charge in [0.25, 0.3) is 0 Å². The molecule has 0 aromatic rings. The third-order valence-electron chi connectivity index (χ3n) is 15.4. The lowest BCUT2D eigenvalue weighted by Gasteiger charge is -2.21. The summed E-state index contributed by atoms with van der Waals surface area (Å²) < 4.78 is 61.0. The van der Waals surface area contributed by atoms with Gasteiger partial charge in [-0.1, -0.05) is 302 Å². The summed E-state index contributed by atoms with van der Waals surface area (Å²) in [7, 11) is -9.81. The van der Waals surface area contributed by atoms with E-state index in [4.69, 9.17) is 32.3 Å². The lowest BCUT2D eigenvalue weighted by molar-refractivity contribution is -0.161. The van der Waals surface area contributed by atoms with E-state index in [1.165, 1.54) is 109 Å². The fourth-order valence-electron chi connectivity index (χ4n) is 9.74. The van der Waals surface area contributed by atoms with Crippen LogP contribution in [0.4, 0.5) is 0 Å². The van der Waals surface area contributed by atoms with E-state index in [1.807, 2.05) is 18.2 Å². The second-order valence-electron chi connectivity index (χ2n) is 24.7. The van der Waals surface area contributed by atoms with E-state index in [9.17, 15) is 43.5 Å². The van der Waals surface area contributed by atoms with E-state index in [1.54, 1.807) is 0 Å². The molecule has 0 aliphatic rings. The van der Waals surface area contributed by atoms with Crippen LogP contribution in [0.25, 0.3) is 0 Å². The number of hydrogen-bond acceptors (Lipinski definition) is 14. The highest BCUT2D eigenvalue weighted by Crippen LogP contribution is 2.45. The fourth-order valence-corrected chi connectivity index (χ4v) is 11.3. The molecule has 0 bridgehead atoms. The molecule has 0 aromatic carbocycles. The van der Waals surface area contributed by atoms with Gasteiger partial charge in [0.05, 0.1) is 26.4 Å². The largest absolute Gasteiger partial charge is 0.472 e. The summed E-state index contributed by atoms with van der Waals surface area (Å²) in [6, 6.07) is 0. The maximum absolute atomic E-state index is 12.9. The van der Waals surface area contributed by atoms with Crippen LogP contribution in [0, 0.1) is 0 Å². The Bertz CT molecular complexity index is 2300. The molecule has 0 spiro atoms. The predicted octanol–water partition coefficient (Wildman–Crippen LogP) is 21.5. The van der Waals surface area contributed by atoms with Crippen LogP contribution < -0.4 is 0 Å². The normalized spacial score (nSPS) is 14.8. The summed E-state index contributed by atoms with van der Waals surface area (Å²) in [5.41, 5.74) is 0. The van der Waals surface area contributed by atoms with Crippen molar-refractivity contribution < 1.29 is 75.8 Å². The molecule has 0 aliphatic carbocycles. The van der Waals surface area contributed by atoms with Crippen molar-refractivity contribution in [2.45, 2.75) is 309 Å². The van der Waals surface area contributed by atoms with Gasteiger partial charge in [-0.15, -0.1) is 0 Å². The Morgan fingerprint density at radius 1 is 0.299 bits per heavy atom. The molecule has 0 radical (unpaired) electrons. The van der Waals surface area contributed by atoms with Crippen LogP contribution >= 0.6 is 15.6 Å². The van der Waals surface area contributed by atoms with Gasteiger partial charge in [-0.05, 0) is 103 Å². The average Bonchev–Trinajstić information content (AvgIpc) is 2.48. The molecule has 97 heavy (non-hydrogen) atoms. The van der Waals surface area contributed by atoms with E-state index < -0.39 is 91.5 Å². The monoisotopic (exact) mass is 1400 g/mol. The highest BCUT2D eigenvalue weighted by Gasteiger charge is 2.29. The van der Waals surface area contributed by atoms with Gasteiger partial charge in [-0.2, -0.15) is 0 Å². The molecule has 0 rings (SSSR count). The third-order valence-corrected chi connectivity index (χ3v) is 17.3. The van der Waals surface area contributed by atoms with Gasteiger partial charge >= 0.3 is 33.6 Å². The second kappa shape index (κ2) is 71.5. The van der Waals surface area contributed by atoms with Crippen molar-refractivity contribution in [2.24, 2.45) is 0 Å². The summed E-state index contributed by atoms with van der Waals surface area (Å²) >= 11 is 0. The van der Waals surface area contributed by atoms with Crippen LogP contribution in [0.2, 0.25) is 0 Å². The van der Waals surface area contributed by atoms with Crippen LogP contribution in [-0.2, 0) is 55.8 Å². The molecular formula is C79H134O16P2. The van der Waals surface area contributed by atoms with Gasteiger partial charge in [-0.3, -0.25) is 32.5 Å². The van der Waals surface area contributed by atoms with Gasteiger partial charge in [0.15, 0.2) is 6.10 Å². The molecule has 5 atom stereocenters. The summed E-state index contributed by atoms with van der Waals surface area (Å²) in [4.78, 5) is 58.5. The van der Waals surface area contributed by atoms with Crippen molar-refractivity contribution >= 4 is 33.6 Å². The standard InChI is InChI=1S/C79H134O16P2/c1-4-7-10-13-16-19-22-25-28-30-32-33-34-35-36-37-38-39-41-43-45-47-50-53-56-59-62-65-77(82)89-68-74(80)69-91-96(85,86)92-70-75(81)71-93-97(87,88)94-73-76(95-79(84)67-64-61-58-55-52-49-44-27-24-21-18-15-12-9-6-3)72-90-78(83)66-63-60-57-54-51-48-46-42-40-31-29-26-23-20-17-14-11-8-5-2/h7-8,10-11,16-17,19-20,25-26,28-29,32-33,35-36,40,42,48,51,57,60,74-76,80-81H,4-6,9,12-15,18,21-24,27,30-31,34,37-39,41,43-47,49-50,52-56,58-59,61-73H2,1-3H3,(H,85,86)(H,87,88)/b10-7-,11-8-,19-16-,20-17-,28-25-,29-26-,33-32-,36-35-,42-40-,51-48-,60-57-. The molecule has 556 valence electrons. The Balaban J connectivity index is 4.61. The lowest BCUT2D eigenvalue weighted by Crippen LogP contribution is -2.30. The Hall–Kier alpha value is -4.31. The zero-order chi connectivity index (χ0) is 70.9. The molecule has 0 fully saturated rings. The summed E-state index contributed by atoms with van der Waals surface area (Å²) in [6.45, 7) is 2.37. The first-order chi connectivity index (χ1) is 47.2.